The van der Waals surface area contributed by atoms with Crippen LogP contribution in [0.25, 0.3) is 0 Å². The van der Waals surface area contributed by atoms with Crippen molar-refractivity contribution in [3.8, 4) is 0 Å². The van der Waals surface area contributed by atoms with Crippen LogP contribution in [0.3, 0.4) is 0 Å². The standard InChI is InChI=1S/C16H22N4O5/c1-16(2,3)25-15(21)19-9-12-7-18(8-13(10-19)24-12)11-4-5-14(17-6-11)20(22)23/h4-6,12-13H,7-10H2,1-3H3. The Morgan fingerprint density at radius 3 is 2.40 bits per heavy atom. The minimum absolute atomic E-state index is 0.129. The van der Waals surface area contributed by atoms with Crippen LogP contribution in [0.4, 0.5) is 16.3 Å². The average molecular weight is 350 g/mol. The smallest absolute Gasteiger partial charge is 0.410 e. The summed E-state index contributed by atoms with van der Waals surface area (Å²) < 4.78 is 11.4. The number of nitrogens with zero attached hydrogens (tertiary/aromatic N) is 4. The van der Waals surface area contributed by atoms with Crippen molar-refractivity contribution in [1.82, 2.24) is 9.88 Å². The van der Waals surface area contributed by atoms with Gasteiger partial charge in [0, 0.05) is 19.2 Å². The Morgan fingerprint density at radius 1 is 1.28 bits per heavy atom. The second-order valence-corrected chi connectivity index (χ2v) is 7.30. The van der Waals surface area contributed by atoms with Crippen LogP contribution >= 0.6 is 0 Å². The molecule has 25 heavy (non-hydrogen) atoms. The van der Waals surface area contributed by atoms with E-state index in [0.717, 1.165) is 5.69 Å². The van der Waals surface area contributed by atoms with Crippen molar-refractivity contribution >= 4 is 17.6 Å². The van der Waals surface area contributed by atoms with E-state index in [2.05, 4.69) is 9.88 Å². The van der Waals surface area contributed by atoms with Crippen molar-refractivity contribution in [3.05, 3.63) is 28.4 Å². The average Bonchev–Trinajstić information content (AvgIpc) is 2.52. The predicted molar refractivity (Wildman–Crippen MR) is 89.6 cm³/mol. The largest absolute Gasteiger partial charge is 0.444 e. The molecule has 0 saturated carbocycles. The highest BCUT2D eigenvalue weighted by atomic mass is 16.6. The highest BCUT2D eigenvalue weighted by Crippen LogP contribution is 2.25. The predicted octanol–water partition coefficient (Wildman–Crippen LogP) is 1.81. The number of rotatable bonds is 2. The zero-order valence-electron chi connectivity index (χ0n) is 14.5. The Hall–Kier alpha value is -2.42. The fourth-order valence-electron chi connectivity index (χ4n) is 3.05. The van der Waals surface area contributed by atoms with Gasteiger partial charge in [0.1, 0.15) is 5.60 Å². The molecule has 3 rings (SSSR count). The number of hydrogen-bond donors (Lipinski definition) is 0. The number of carbonyl (C=O) groups excluding carboxylic acids is 1. The number of hydrogen-bond acceptors (Lipinski definition) is 7. The van der Waals surface area contributed by atoms with E-state index in [9.17, 15) is 14.9 Å². The van der Waals surface area contributed by atoms with Crippen LogP contribution in [-0.2, 0) is 9.47 Å². The van der Waals surface area contributed by atoms with Gasteiger partial charge in [-0.05, 0) is 36.7 Å². The molecule has 9 nitrogen and oxygen atoms in total. The lowest BCUT2D eigenvalue weighted by Gasteiger charge is -2.46. The summed E-state index contributed by atoms with van der Waals surface area (Å²) in [5.41, 5.74) is 0.288. The lowest BCUT2D eigenvalue weighted by atomic mass is 10.1. The number of fused-ring (bicyclic) bond motifs is 2. The van der Waals surface area contributed by atoms with Crippen LogP contribution in [-0.4, -0.2) is 64.9 Å². The van der Waals surface area contributed by atoms with Gasteiger partial charge in [-0.1, -0.05) is 0 Å². The maximum absolute atomic E-state index is 12.3. The molecule has 2 fully saturated rings. The Labute approximate surface area is 145 Å². The quantitative estimate of drug-likeness (QED) is 0.592. The summed E-state index contributed by atoms with van der Waals surface area (Å²) in [5.74, 6) is -0.173. The minimum Gasteiger partial charge on any atom is -0.444 e. The zero-order valence-corrected chi connectivity index (χ0v) is 14.5. The maximum Gasteiger partial charge on any atom is 0.410 e. The molecule has 0 aromatic carbocycles. The highest BCUT2D eigenvalue weighted by Gasteiger charge is 2.38. The zero-order chi connectivity index (χ0) is 18.2. The highest BCUT2D eigenvalue weighted by molar-refractivity contribution is 5.68. The van der Waals surface area contributed by atoms with Gasteiger partial charge in [0.25, 0.3) is 0 Å². The molecule has 2 bridgehead atoms. The lowest BCUT2D eigenvalue weighted by molar-refractivity contribution is -0.389. The van der Waals surface area contributed by atoms with Crippen molar-refractivity contribution in [1.29, 1.82) is 0 Å². The number of amides is 1. The van der Waals surface area contributed by atoms with Crippen LogP contribution in [0.15, 0.2) is 18.3 Å². The topological polar surface area (TPSA) is 98.0 Å². The van der Waals surface area contributed by atoms with E-state index < -0.39 is 10.5 Å². The molecule has 0 spiro atoms. The molecule has 0 radical (unpaired) electrons. The maximum atomic E-state index is 12.3. The summed E-state index contributed by atoms with van der Waals surface area (Å²) >= 11 is 0. The van der Waals surface area contributed by atoms with Crippen molar-refractivity contribution in [3.63, 3.8) is 0 Å². The first-order valence-corrected chi connectivity index (χ1v) is 8.20. The molecule has 3 heterocycles. The van der Waals surface area contributed by atoms with E-state index in [1.165, 1.54) is 12.3 Å². The summed E-state index contributed by atoms with van der Waals surface area (Å²) in [6, 6.07) is 3.09. The molecule has 0 N–H and O–H groups in total. The van der Waals surface area contributed by atoms with Gasteiger partial charge >= 0.3 is 11.9 Å². The summed E-state index contributed by atoms with van der Waals surface area (Å²) in [6.07, 6.45) is 0.923. The second kappa shape index (κ2) is 6.47. The normalized spacial score (nSPS) is 23.3. The summed E-state index contributed by atoms with van der Waals surface area (Å²) in [7, 11) is 0. The number of carbonyl (C=O) groups is 1. The van der Waals surface area contributed by atoms with Gasteiger partial charge in [-0.3, -0.25) is 0 Å². The first-order valence-electron chi connectivity index (χ1n) is 8.20. The molecule has 2 unspecified atom stereocenters. The Morgan fingerprint density at radius 2 is 1.92 bits per heavy atom. The van der Waals surface area contributed by atoms with E-state index in [-0.39, 0.29) is 24.1 Å². The molecule has 0 aliphatic carbocycles. The van der Waals surface area contributed by atoms with Gasteiger partial charge in [0.2, 0.25) is 0 Å². The molecule has 9 heteroatoms. The molecular formula is C16H22N4O5. The minimum atomic E-state index is -0.527. The molecule has 1 aromatic rings. The van der Waals surface area contributed by atoms with Gasteiger partial charge in [0.15, 0.2) is 6.20 Å². The summed E-state index contributed by atoms with van der Waals surface area (Å²) in [6.45, 7) is 7.63. The first kappa shape index (κ1) is 17.4. The van der Waals surface area contributed by atoms with Gasteiger partial charge in [0.05, 0.1) is 31.0 Å². The number of aromatic nitrogens is 1. The third-order valence-electron chi connectivity index (χ3n) is 4.02. The monoisotopic (exact) mass is 350 g/mol. The molecule has 2 atom stereocenters. The van der Waals surface area contributed by atoms with Crippen LogP contribution < -0.4 is 4.90 Å². The van der Waals surface area contributed by atoms with Gasteiger partial charge < -0.3 is 29.4 Å². The van der Waals surface area contributed by atoms with Crippen molar-refractivity contribution in [2.75, 3.05) is 31.1 Å². The number of ether oxygens (including phenoxy) is 2. The fourth-order valence-corrected chi connectivity index (χ4v) is 3.05. The van der Waals surface area contributed by atoms with Crippen LogP contribution in [0.2, 0.25) is 0 Å². The molecule has 2 aliphatic heterocycles. The molecule has 1 aromatic heterocycles. The number of pyridine rings is 1. The fraction of sp³-hybridized carbons (Fsp3) is 0.625. The second-order valence-electron chi connectivity index (χ2n) is 7.30. The van der Waals surface area contributed by atoms with Crippen molar-refractivity contribution in [2.45, 2.75) is 38.6 Å². The van der Waals surface area contributed by atoms with E-state index in [4.69, 9.17) is 9.47 Å². The number of anilines is 1. The molecule has 2 saturated heterocycles. The first-order chi connectivity index (χ1) is 11.7. The van der Waals surface area contributed by atoms with Crippen molar-refractivity contribution < 1.29 is 19.2 Å². The van der Waals surface area contributed by atoms with E-state index in [0.29, 0.717) is 26.2 Å². The lowest BCUT2D eigenvalue weighted by Crippen LogP contribution is -2.61. The Balaban J connectivity index is 1.64. The van der Waals surface area contributed by atoms with Gasteiger partial charge in [-0.25, -0.2) is 4.79 Å². The molecule has 2 aliphatic rings. The molecular weight excluding hydrogens is 328 g/mol. The summed E-state index contributed by atoms with van der Waals surface area (Å²) in [4.78, 5) is 30.1. The van der Waals surface area contributed by atoms with Gasteiger partial charge in [-0.15, -0.1) is 0 Å². The number of morpholine rings is 2. The third kappa shape index (κ3) is 4.16. The summed E-state index contributed by atoms with van der Waals surface area (Å²) in [5, 5.41) is 10.7. The van der Waals surface area contributed by atoms with Crippen LogP contribution in [0, 0.1) is 10.1 Å². The van der Waals surface area contributed by atoms with Crippen molar-refractivity contribution in [2.24, 2.45) is 0 Å². The van der Waals surface area contributed by atoms with E-state index in [1.54, 1.807) is 11.0 Å². The SMILES string of the molecule is CC(C)(C)OC(=O)N1CC2CN(c3ccc([N+](=O)[O-])nc3)CC(C1)O2. The number of nitro groups is 1. The molecule has 1 amide bonds. The Kier molecular flexibility index (Phi) is 4.51. The van der Waals surface area contributed by atoms with E-state index in [1.807, 2.05) is 20.8 Å². The van der Waals surface area contributed by atoms with Gasteiger partial charge in [-0.2, -0.15) is 0 Å². The van der Waals surface area contributed by atoms with Crippen LogP contribution in [0.5, 0.6) is 0 Å². The van der Waals surface area contributed by atoms with Crippen LogP contribution in [0.1, 0.15) is 20.8 Å². The third-order valence-corrected chi connectivity index (χ3v) is 4.02. The Bertz CT molecular complexity index is 643. The molecule has 136 valence electrons. The van der Waals surface area contributed by atoms with E-state index >= 15 is 0 Å².